The van der Waals surface area contributed by atoms with Crippen LogP contribution in [-0.2, 0) is 21.2 Å². The van der Waals surface area contributed by atoms with Crippen molar-refractivity contribution in [2.24, 2.45) is 0 Å². The summed E-state index contributed by atoms with van der Waals surface area (Å²) in [5.41, 5.74) is 2.88. The van der Waals surface area contributed by atoms with Gasteiger partial charge in [-0.2, -0.15) is 4.31 Å². The number of sulfonamides is 1. The Balaban J connectivity index is 1.36. The Labute approximate surface area is 202 Å². The molecule has 1 saturated heterocycles. The number of hydrogen-bond acceptors (Lipinski definition) is 4. The molecule has 0 aliphatic carbocycles. The highest BCUT2D eigenvalue weighted by Gasteiger charge is 2.25. The van der Waals surface area contributed by atoms with Gasteiger partial charge in [-0.15, -0.1) is 0 Å². The second-order valence-electron chi connectivity index (χ2n) is 8.57. The molecule has 3 aromatic carbocycles. The summed E-state index contributed by atoms with van der Waals surface area (Å²) in [4.78, 5) is 12.9. The van der Waals surface area contributed by atoms with Gasteiger partial charge in [0, 0.05) is 24.8 Å². The highest BCUT2D eigenvalue weighted by atomic mass is 32.2. The van der Waals surface area contributed by atoms with Gasteiger partial charge in [0.05, 0.1) is 11.4 Å². The number of hydrogen-bond donors (Lipinski definition) is 2. The molecule has 0 saturated carbocycles. The number of rotatable bonds is 9. The lowest BCUT2D eigenvalue weighted by Crippen LogP contribution is -2.35. The molecule has 0 spiro atoms. The van der Waals surface area contributed by atoms with E-state index in [-0.39, 0.29) is 23.4 Å². The number of carbonyl (C=O) groups is 1. The van der Waals surface area contributed by atoms with Gasteiger partial charge in [0.2, 0.25) is 15.9 Å². The van der Waals surface area contributed by atoms with Crippen LogP contribution in [0.3, 0.4) is 0 Å². The maximum Gasteiger partial charge on any atom is 0.243 e. The van der Waals surface area contributed by atoms with E-state index in [2.05, 4.69) is 34.9 Å². The fourth-order valence-electron chi connectivity index (χ4n) is 4.23. The van der Waals surface area contributed by atoms with Gasteiger partial charge in [-0.1, -0.05) is 67.1 Å². The fourth-order valence-corrected chi connectivity index (χ4v) is 5.75. The molecule has 3 aromatic rings. The summed E-state index contributed by atoms with van der Waals surface area (Å²) in [5.74, 6) is -0.180. The molecule has 6 nitrogen and oxygen atoms in total. The topological polar surface area (TPSA) is 78.5 Å². The van der Waals surface area contributed by atoms with Crippen LogP contribution in [0.5, 0.6) is 0 Å². The van der Waals surface area contributed by atoms with Crippen LogP contribution in [0.1, 0.15) is 36.4 Å². The quantitative estimate of drug-likeness (QED) is 0.480. The molecule has 34 heavy (non-hydrogen) atoms. The molecule has 4 rings (SSSR count). The molecule has 2 N–H and O–H groups in total. The Kier molecular flexibility index (Phi) is 8.11. The number of piperidine rings is 1. The maximum atomic E-state index is 12.8. The summed E-state index contributed by atoms with van der Waals surface area (Å²) in [6.45, 7) is 1.27. The highest BCUT2D eigenvalue weighted by molar-refractivity contribution is 7.89. The van der Waals surface area contributed by atoms with Gasteiger partial charge in [-0.3, -0.25) is 4.79 Å². The lowest BCUT2D eigenvalue weighted by molar-refractivity contribution is -0.115. The van der Waals surface area contributed by atoms with E-state index in [1.165, 1.54) is 5.56 Å². The van der Waals surface area contributed by atoms with Crippen LogP contribution in [0.2, 0.25) is 0 Å². The monoisotopic (exact) mass is 477 g/mol. The number of nitrogens with one attached hydrogen (secondary N) is 2. The van der Waals surface area contributed by atoms with E-state index in [4.69, 9.17) is 0 Å². The first-order valence-corrected chi connectivity index (χ1v) is 13.2. The fraction of sp³-hybridized carbons (Fsp3) is 0.296. The average Bonchev–Trinajstić information content (AvgIpc) is 2.88. The minimum absolute atomic E-state index is 0.00795. The summed E-state index contributed by atoms with van der Waals surface area (Å²) in [6.07, 6.45) is 3.63. The number of benzene rings is 3. The summed E-state index contributed by atoms with van der Waals surface area (Å²) < 4.78 is 27.2. The molecule has 0 radical (unpaired) electrons. The van der Waals surface area contributed by atoms with Gasteiger partial charge < -0.3 is 10.6 Å². The molecule has 1 aliphatic heterocycles. The number of amides is 1. The molecule has 1 amide bonds. The zero-order valence-electron chi connectivity index (χ0n) is 19.2. The number of anilines is 1. The average molecular weight is 478 g/mol. The normalized spacial score (nSPS) is 15.5. The third-order valence-corrected chi connectivity index (χ3v) is 8.00. The molecule has 1 atom stereocenters. The van der Waals surface area contributed by atoms with Crippen molar-refractivity contribution in [3.05, 3.63) is 96.1 Å². The molecule has 1 unspecified atom stereocenters. The van der Waals surface area contributed by atoms with Crippen LogP contribution < -0.4 is 10.6 Å². The van der Waals surface area contributed by atoms with E-state index in [1.54, 1.807) is 28.6 Å². The molecular formula is C27H31N3O3S. The van der Waals surface area contributed by atoms with Crippen molar-refractivity contribution in [2.75, 3.05) is 25.0 Å². The molecule has 178 valence electrons. The summed E-state index contributed by atoms with van der Waals surface area (Å²) in [6, 6.07) is 26.7. The van der Waals surface area contributed by atoms with Crippen molar-refractivity contribution in [1.82, 2.24) is 9.62 Å². The third kappa shape index (κ3) is 6.32. The molecule has 1 fully saturated rings. The minimum atomic E-state index is -3.48. The first-order chi connectivity index (χ1) is 16.5. The van der Waals surface area contributed by atoms with Crippen LogP contribution >= 0.6 is 0 Å². The van der Waals surface area contributed by atoms with Gasteiger partial charge in [-0.05, 0) is 54.7 Å². The number of nitrogens with zero attached hydrogens (tertiary/aromatic N) is 1. The van der Waals surface area contributed by atoms with E-state index < -0.39 is 10.0 Å². The van der Waals surface area contributed by atoms with Crippen LogP contribution in [-0.4, -0.2) is 38.3 Å². The lowest BCUT2D eigenvalue weighted by Gasteiger charge is -2.25. The van der Waals surface area contributed by atoms with E-state index >= 15 is 0 Å². The van der Waals surface area contributed by atoms with Crippen molar-refractivity contribution < 1.29 is 13.2 Å². The van der Waals surface area contributed by atoms with Gasteiger partial charge >= 0.3 is 0 Å². The molecule has 0 bridgehead atoms. The lowest BCUT2D eigenvalue weighted by atomic mass is 9.99. The predicted octanol–water partition coefficient (Wildman–Crippen LogP) is 4.37. The Morgan fingerprint density at radius 3 is 2.09 bits per heavy atom. The van der Waals surface area contributed by atoms with Gasteiger partial charge in [0.15, 0.2) is 0 Å². The zero-order valence-corrected chi connectivity index (χ0v) is 20.0. The van der Waals surface area contributed by atoms with Gasteiger partial charge in [0.1, 0.15) is 0 Å². The van der Waals surface area contributed by atoms with Crippen LogP contribution in [0.25, 0.3) is 0 Å². The molecule has 7 heteroatoms. The standard InChI is InChI=1S/C27H31N3O3S/c31-27(21-28-26(23-12-6-2-7-13-23)20-22-10-4-1-5-11-22)29-24-14-16-25(17-15-24)34(32,33)30-18-8-3-9-19-30/h1-2,4-7,10-17,26,28H,3,8-9,18-21H2,(H,29,31). The number of carbonyl (C=O) groups excluding carboxylic acids is 1. The second-order valence-corrected chi connectivity index (χ2v) is 10.5. The van der Waals surface area contributed by atoms with Crippen molar-refractivity contribution in [2.45, 2.75) is 36.6 Å². The summed E-state index contributed by atoms with van der Waals surface area (Å²) in [7, 11) is -3.48. The van der Waals surface area contributed by atoms with Crippen molar-refractivity contribution in [3.8, 4) is 0 Å². The summed E-state index contributed by atoms with van der Waals surface area (Å²) in [5, 5.41) is 6.23. The van der Waals surface area contributed by atoms with Gasteiger partial charge in [0.25, 0.3) is 0 Å². The van der Waals surface area contributed by atoms with Crippen LogP contribution in [0.15, 0.2) is 89.8 Å². The molecule has 0 aromatic heterocycles. The van der Waals surface area contributed by atoms with Crippen LogP contribution in [0, 0.1) is 0 Å². The molecular weight excluding hydrogens is 446 g/mol. The van der Waals surface area contributed by atoms with E-state index in [0.717, 1.165) is 31.2 Å². The largest absolute Gasteiger partial charge is 0.325 e. The van der Waals surface area contributed by atoms with E-state index in [9.17, 15) is 13.2 Å². The SMILES string of the molecule is O=C(CNC(Cc1ccccc1)c1ccccc1)Nc1ccc(S(=O)(=O)N2CCCCC2)cc1. The first-order valence-electron chi connectivity index (χ1n) is 11.7. The van der Waals surface area contributed by atoms with Crippen molar-refractivity contribution >= 4 is 21.6 Å². The Morgan fingerprint density at radius 1 is 0.824 bits per heavy atom. The maximum absolute atomic E-state index is 12.8. The smallest absolute Gasteiger partial charge is 0.243 e. The van der Waals surface area contributed by atoms with Crippen molar-refractivity contribution in [1.29, 1.82) is 0 Å². The van der Waals surface area contributed by atoms with Gasteiger partial charge in [-0.25, -0.2) is 8.42 Å². The predicted molar refractivity (Wildman–Crippen MR) is 135 cm³/mol. The first kappa shape index (κ1) is 24.1. The second kappa shape index (κ2) is 11.4. The highest BCUT2D eigenvalue weighted by Crippen LogP contribution is 2.22. The van der Waals surface area contributed by atoms with Crippen LogP contribution in [0.4, 0.5) is 5.69 Å². The Bertz CT molecular complexity index is 1160. The third-order valence-electron chi connectivity index (χ3n) is 6.08. The minimum Gasteiger partial charge on any atom is -0.325 e. The Morgan fingerprint density at radius 2 is 1.44 bits per heavy atom. The van der Waals surface area contributed by atoms with Crippen molar-refractivity contribution in [3.63, 3.8) is 0 Å². The summed E-state index contributed by atoms with van der Waals surface area (Å²) >= 11 is 0. The Hall–Kier alpha value is -3.00. The molecule has 1 heterocycles. The zero-order chi connectivity index (χ0) is 23.8. The molecule has 1 aliphatic rings. The van der Waals surface area contributed by atoms with E-state index in [1.807, 2.05) is 36.4 Å². The van der Waals surface area contributed by atoms with E-state index in [0.29, 0.717) is 18.8 Å².